The van der Waals surface area contributed by atoms with Crippen LogP contribution in [-0.2, 0) is 11.3 Å². The van der Waals surface area contributed by atoms with Crippen LogP contribution in [0.4, 0.5) is 4.79 Å². The molecule has 0 aromatic carbocycles. The number of amides is 2. The van der Waals surface area contributed by atoms with Gasteiger partial charge >= 0.3 is 12.0 Å². The summed E-state index contributed by atoms with van der Waals surface area (Å²) in [5.74, 6) is -1.40. The highest BCUT2D eigenvalue weighted by atomic mass is 16.4. The van der Waals surface area contributed by atoms with Crippen molar-refractivity contribution >= 4 is 12.0 Å². The Bertz CT molecular complexity index is 392. The van der Waals surface area contributed by atoms with Crippen molar-refractivity contribution in [3.05, 3.63) is 18.7 Å². The second kappa shape index (κ2) is 8.12. The first kappa shape index (κ1) is 15.0. The molecule has 2 amide bonds. The molecule has 1 aromatic heterocycles. The number of hydrogen-bond donors (Lipinski definition) is 3. The molecule has 0 aliphatic heterocycles. The second-order valence-electron chi connectivity index (χ2n) is 4.26. The number of carboxylic acid groups (broad SMARTS) is 1. The smallest absolute Gasteiger partial charge is 0.314 e. The third-order valence-corrected chi connectivity index (χ3v) is 2.71. The van der Waals surface area contributed by atoms with E-state index >= 15 is 0 Å². The van der Waals surface area contributed by atoms with E-state index in [9.17, 15) is 9.59 Å². The molecule has 1 unspecified atom stereocenters. The summed E-state index contributed by atoms with van der Waals surface area (Å²) in [5, 5.41) is 14.2. The Labute approximate surface area is 112 Å². The molecule has 0 fully saturated rings. The third kappa shape index (κ3) is 5.89. The molecule has 0 aliphatic carbocycles. The van der Waals surface area contributed by atoms with Crippen molar-refractivity contribution in [1.29, 1.82) is 0 Å². The van der Waals surface area contributed by atoms with Crippen molar-refractivity contribution in [1.82, 2.24) is 20.2 Å². The number of carbonyl (C=O) groups excluding carboxylic acids is 1. The van der Waals surface area contributed by atoms with E-state index in [4.69, 9.17) is 5.11 Å². The molecule has 0 aliphatic rings. The monoisotopic (exact) mass is 268 g/mol. The van der Waals surface area contributed by atoms with Gasteiger partial charge in [0.25, 0.3) is 0 Å². The van der Waals surface area contributed by atoms with Gasteiger partial charge in [0.15, 0.2) is 0 Å². The van der Waals surface area contributed by atoms with Crippen molar-refractivity contribution in [3.8, 4) is 0 Å². The second-order valence-corrected chi connectivity index (χ2v) is 4.26. The van der Waals surface area contributed by atoms with Crippen molar-refractivity contribution < 1.29 is 14.7 Å². The van der Waals surface area contributed by atoms with Crippen LogP contribution in [0.15, 0.2) is 18.7 Å². The van der Waals surface area contributed by atoms with Gasteiger partial charge in [-0.2, -0.15) is 0 Å². The number of urea groups is 1. The van der Waals surface area contributed by atoms with Crippen LogP contribution in [0, 0.1) is 5.92 Å². The third-order valence-electron chi connectivity index (χ3n) is 2.71. The largest absolute Gasteiger partial charge is 0.481 e. The minimum absolute atomic E-state index is 0.153. The van der Waals surface area contributed by atoms with Crippen molar-refractivity contribution in [2.24, 2.45) is 5.92 Å². The highest BCUT2D eigenvalue weighted by Crippen LogP contribution is 2.04. The lowest BCUT2D eigenvalue weighted by atomic mass is 10.0. The first-order valence-corrected chi connectivity index (χ1v) is 6.33. The number of aromatic nitrogens is 2. The molecular formula is C12H20N4O3. The van der Waals surface area contributed by atoms with Gasteiger partial charge in [-0.15, -0.1) is 0 Å². The summed E-state index contributed by atoms with van der Waals surface area (Å²) in [7, 11) is 0. The maximum atomic E-state index is 11.5. The standard InChI is InChI=1S/C12H20N4O3/c1-2-3-10(11(17)18)8-15-12(19)14-5-7-16-6-4-13-9-16/h4,6,9-10H,2-3,5,7-8H2,1H3,(H,17,18)(H2,14,15,19). The van der Waals surface area contributed by atoms with Crippen molar-refractivity contribution in [3.63, 3.8) is 0 Å². The van der Waals surface area contributed by atoms with E-state index in [1.807, 2.05) is 11.5 Å². The molecule has 19 heavy (non-hydrogen) atoms. The number of nitrogens with zero attached hydrogens (tertiary/aromatic N) is 2. The Morgan fingerprint density at radius 1 is 1.42 bits per heavy atom. The molecular weight excluding hydrogens is 248 g/mol. The zero-order valence-corrected chi connectivity index (χ0v) is 11.0. The van der Waals surface area contributed by atoms with Gasteiger partial charge in [0.05, 0.1) is 12.2 Å². The molecule has 7 nitrogen and oxygen atoms in total. The number of rotatable bonds is 8. The van der Waals surface area contributed by atoms with Crippen LogP contribution in [0.5, 0.6) is 0 Å². The van der Waals surface area contributed by atoms with Crippen molar-refractivity contribution in [2.75, 3.05) is 13.1 Å². The summed E-state index contributed by atoms with van der Waals surface area (Å²) in [4.78, 5) is 26.2. The van der Waals surface area contributed by atoms with Crippen LogP contribution in [0.25, 0.3) is 0 Å². The number of nitrogens with one attached hydrogen (secondary N) is 2. The quantitative estimate of drug-likeness (QED) is 0.646. The molecule has 1 aromatic rings. The van der Waals surface area contributed by atoms with Crippen LogP contribution in [-0.4, -0.2) is 39.7 Å². The van der Waals surface area contributed by atoms with Crippen LogP contribution >= 0.6 is 0 Å². The molecule has 0 bridgehead atoms. The van der Waals surface area contributed by atoms with Gasteiger partial charge in [-0.3, -0.25) is 4.79 Å². The Morgan fingerprint density at radius 3 is 2.79 bits per heavy atom. The zero-order valence-electron chi connectivity index (χ0n) is 11.0. The number of aliphatic carboxylic acids is 1. The van der Waals surface area contributed by atoms with Gasteiger partial charge in [-0.05, 0) is 6.42 Å². The first-order valence-electron chi connectivity index (χ1n) is 6.33. The van der Waals surface area contributed by atoms with E-state index in [-0.39, 0.29) is 12.6 Å². The maximum Gasteiger partial charge on any atom is 0.314 e. The maximum absolute atomic E-state index is 11.5. The van der Waals surface area contributed by atoms with E-state index in [1.54, 1.807) is 18.7 Å². The molecule has 1 heterocycles. The Morgan fingerprint density at radius 2 is 2.21 bits per heavy atom. The van der Waals surface area contributed by atoms with Gasteiger partial charge in [0, 0.05) is 32.0 Å². The zero-order chi connectivity index (χ0) is 14.1. The lowest BCUT2D eigenvalue weighted by Gasteiger charge is -2.13. The normalized spacial score (nSPS) is 11.8. The Kier molecular flexibility index (Phi) is 6.42. The first-order chi connectivity index (χ1) is 9.13. The summed E-state index contributed by atoms with van der Waals surface area (Å²) in [6, 6.07) is -0.345. The topological polar surface area (TPSA) is 96.3 Å². The van der Waals surface area contributed by atoms with Gasteiger partial charge in [0.2, 0.25) is 0 Å². The van der Waals surface area contributed by atoms with E-state index in [1.165, 1.54) is 0 Å². The van der Waals surface area contributed by atoms with Crippen molar-refractivity contribution in [2.45, 2.75) is 26.3 Å². The minimum Gasteiger partial charge on any atom is -0.481 e. The summed E-state index contributed by atoms with van der Waals surface area (Å²) in [6.45, 7) is 3.17. The molecule has 0 saturated heterocycles. The van der Waals surface area contributed by atoms with Crippen LogP contribution in [0.1, 0.15) is 19.8 Å². The molecule has 0 spiro atoms. The van der Waals surface area contributed by atoms with Crippen LogP contribution in [0.2, 0.25) is 0 Å². The number of carbonyl (C=O) groups is 2. The van der Waals surface area contributed by atoms with E-state index in [0.29, 0.717) is 19.5 Å². The highest BCUT2D eigenvalue weighted by Gasteiger charge is 2.16. The Balaban J connectivity index is 2.17. The van der Waals surface area contributed by atoms with E-state index < -0.39 is 11.9 Å². The molecule has 106 valence electrons. The molecule has 1 atom stereocenters. The average Bonchev–Trinajstić information content (AvgIpc) is 2.87. The fraction of sp³-hybridized carbons (Fsp3) is 0.583. The van der Waals surface area contributed by atoms with Gasteiger partial charge in [-0.1, -0.05) is 13.3 Å². The van der Waals surface area contributed by atoms with Crippen LogP contribution < -0.4 is 10.6 Å². The lowest BCUT2D eigenvalue weighted by molar-refractivity contribution is -0.141. The average molecular weight is 268 g/mol. The number of imidazole rings is 1. The van der Waals surface area contributed by atoms with Gasteiger partial charge in [-0.25, -0.2) is 9.78 Å². The fourth-order valence-corrected chi connectivity index (χ4v) is 1.66. The van der Waals surface area contributed by atoms with E-state index in [2.05, 4.69) is 15.6 Å². The lowest BCUT2D eigenvalue weighted by Crippen LogP contribution is -2.40. The Hall–Kier alpha value is -2.05. The summed E-state index contributed by atoms with van der Waals surface area (Å²) in [6.07, 6.45) is 6.48. The number of hydrogen-bond acceptors (Lipinski definition) is 3. The molecule has 7 heteroatoms. The van der Waals surface area contributed by atoms with Crippen LogP contribution in [0.3, 0.4) is 0 Å². The highest BCUT2D eigenvalue weighted by molar-refractivity contribution is 5.75. The fourth-order valence-electron chi connectivity index (χ4n) is 1.66. The molecule has 3 N–H and O–H groups in total. The van der Waals surface area contributed by atoms with Gasteiger partial charge < -0.3 is 20.3 Å². The number of carboxylic acids is 1. The molecule has 1 rings (SSSR count). The predicted molar refractivity (Wildman–Crippen MR) is 69.7 cm³/mol. The molecule has 0 radical (unpaired) electrons. The SMILES string of the molecule is CCCC(CNC(=O)NCCn1ccnc1)C(=O)O. The van der Waals surface area contributed by atoms with Gasteiger partial charge in [0.1, 0.15) is 0 Å². The van der Waals surface area contributed by atoms with E-state index in [0.717, 1.165) is 6.42 Å². The predicted octanol–water partition coefficient (Wildman–Crippen LogP) is 0.683. The minimum atomic E-state index is -0.874. The summed E-state index contributed by atoms with van der Waals surface area (Å²) in [5.41, 5.74) is 0. The summed E-state index contributed by atoms with van der Waals surface area (Å²) >= 11 is 0. The molecule has 0 saturated carbocycles. The summed E-state index contributed by atoms with van der Waals surface area (Å²) < 4.78 is 1.84.